The van der Waals surface area contributed by atoms with Gasteiger partial charge in [-0.25, -0.2) is 4.98 Å². The Morgan fingerprint density at radius 1 is 1.18 bits per heavy atom. The number of likely N-dealkylation sites (tertiary alicyclic amines) is 1. The maximum absolute atomic E-state index is 12.8. The number of nitrogens with zero attached hydrogens (tertiary/aromatic N) is 2. The number of aromatic nitrogens is 1. The standard InChI is InChI=1S/C22H23N3O2S/c1-15-7-2-3-8-16(15)21(27)23-13-12-20(26)25-14-6-10-18(25)22-24-17-9-4-5-11-19(17)28-22/h2-5,7-9,11,18H,6,10,12-14H2,1H3,(H,23,27)/t18-/m1/s1. The summed E-state index contributed by atoms with van der Waals surface area (Å²) in [6, 6.07) is 15.6. The molecule has 1 saturated heterocycles. The summed E-state index contributed by atoms with van der Waals surface area (Å²) in [5.41, 5.74) is 2.58. The second kappa shape index (κ2) is 8.10. The normalized spacial score (nSPS) is 16.5. The van der Waals surface area contributed by atoms with Crippen LogP contribution in [-0.4, -0.2) is 34.8 Å². The van der Waals surface area contributed by atoms with Gasteiger partial charge in [0.05, 0.1) is 16.3 Å². The van der Waals surface area contributed by atoms with E-state index in [4.69, 9.17) is 4.98 Å². The first kappa shape index (κ1) is 18.6. The highest BCUT2D eigenvalue weighted by Crippen LogP contribution is 2.36. The molecule has 1 aromatic heterocycles. The van der Waals surface area contributed by atoms with E-state index in [2.05, 4.69) is 11.4 Å². The minimum atomic E-state index is -0.130. The van der Waals surface area contributed by atoms with Crippen LogP contribution in [0.1, 0.15) is 46.2 Å². The van der Waals surface area contributed by atoms with E-state index >= 15 is 0 Å². The van der Waals surface area contributed by atoms with Crippen LogP contribution in [0, 0.1) is 6.92 Å². The fourth-order valence-corrected chi connectivity index (χ4v) is 4.82. The number of aryl methyl sites for hydroxylation is 1. The van der Waals surface area contributed by atoms with Gasteiger partial charge in [-0.05, 0) is 43.5 Å². The second-order valence-electron chi connectivity index (χ2n) is 7.09. The van der Waals surface area contributed by atoms with E-state index in [0.29, 0.717) is 18.5 Å². The number of hydrogen-bond donors (Lipinski definition) is 1. The number of amides is 2. The van der Waals surface area contributed by atoms with Crippen LogP contribution in [0.4, 0.5) is 0 Å². The summed E-state index contributed by atoms with van der Waals surface area (Å²) >= 11 is 1.67. The third kappa shape index (κ3) is 3.78. The number of benzene rings is 2. The van der Waals surface area contributed by atoms with Crippen molar-refractivity contribution in [3.63, 3.8) is 0 Å². The third-order valence-corrected chi connectivity index (χ3v) is 6.32. The summed E-state index contributed by atoms with van der Waals surface area (Å²) in [6.07, 6.45) is 2.24. The molecule has 6 heteroatoms. The Morgan fingerprint density at radius 3 is 2.79 bits per heavy atom. The molecular weight excluding hydrogens is 370 g/mol. The van der Waals surface area contributed by atoms with Gasteiger partial charge >= 0.3 is 0 Å². The first-order valence-electron chi connectivity index (χ1n) is 9.62. The van der Waals surface area contributed by atoms with Crippen molar-refractivity contribution in [1.82, 2.24) is 15.2 Å². The van der Waals surface area contributed by atoms with E-state index in [1.807, 2.05) is 48.2 Å². The SMILES string of the molecule is Cc1ccccc1C(=O)NCCC(=O)N1CCC[C@@H]1c1nc2ccccc2s1. The van der Waals surface area contributed by atoms with Gasteiger partial charge in [-0.1, -0.05) is 30.3 Å². The molecule has 0 radical (unpaired) electrons. The van der Waals surface area contributed by atoms with Crippen LogP contribution in [0.25, 0.3) is 10.2 Å². The van der Waals surface area contributed by atoms with Crippen molar-refractivity contribution in [3.8, 4) is 0 Å². The summed E-state index contributed by atoms with van der Waals surface area (Å²) in [7, 11) is 0. The molecule has 144 valence electrons. The lowest BCUT2D eigenvalue weighted by Crippen LogP contribution is -2.34. The molecule has 1 atom stereocenters. The molecule has 2 aromatic carbocycles. The third-order valence-electron chi connectivity index (χ3n) is 5.18. The number of hydrogen-bond acceptors (Lipinski definition) is 4. The van der Waals surface area contributed by atoms with Gasteiger partial charge in [-0.2, -0.15) is 0 Å². The van der Waals surface area contributed by atoms with Gasteiger partial charge in [0.15, 0.2) is 0 Å². The number of carbonyl (C=O) groups excluding carboxylic acids is 2. The molecule has 1 N–H and O–H groups in total. The molecule has 1 aliphatic heterocycles. The van der Waals surface area contributed by atoms with Gasteiger partial charge in [-0.15, -0.1) is 11.3 Å². The van der Waals surface area contributed by atoms with Crippen LogP contribution in [0.3, 0.4) is 0 Å². The lowest BCUT2D eigenvalue weighted by molar-refractivity contribution is -0.132. The van der Waals surface area contributed by atoms with Crippen LogP contribution in [0.2, 0.25) is 0 Å². The highest BCUT2D eigenvalue weighted by atomic mass is 32.1. The van der Waals surface area contributed by atoms with Crippen molar-refractivity contribution in [2.75, 3.05) is 13.1 Å². The molecule has 2 amide bonds. The molecule has 1 aliphatic rings. The molecule has 4 rings (SSSR count). The Hall–Kier alpha value is -2.73. The summed E-state index contributed by atoms with van der Waals surface area (Å²) in [6.45, 7) is 3.01. The van der Waals surface area contributed by atoms with Crippen LogP contribution in [0.5, 0.6) is 0 Å². The van der Waals surface area contributed by atoms with E-state index in [1.54, 1.807) is 17.4 Å². The fraction of sp³-hybridized carbons (Fsp3) is 0.318. The molecule has 3 aromatic rings. The van der Waals surface area contributed by atoms with Gasteiger partial charge in [0.25, 0.3) is 5.91 Å². The number of rotatable bonds is 5. The maximum Gasteiger partial charge on any atom is 0.251 e. The van der Waals surface area contributed by atoms with Gasteiger partial charge in [0, 0.05) is 25.1 Å². The van der Waals surface area contributed by atoms with Crippen LogP contribution >= 0.6 is 11.3 Å². The van der Waals surface area contributed by atoms with Crippen molar-refractivity contribution >= 4 is 33.4 Å². The zero-order valence-corrected chi connectivity index (χ0v) is 16.7. The number of para-hydroxylation sites is 1. The average Bonchev–Trinajstić information content (AvgIpc) is 3.34. The topological polar surface area (TPSA) is 62.3 Å². The van der Waals surface area contributed by atoms with Crippen LogP contribution < -0.4 is 5.32 Å². The van der Waals surface area contributed by atoms with Crippen molar-refractivity contribution < 1.29 is 9.59 Å². The quantitative estimate of drug-likeness (QED) is 0.710. The van der Waals surface area contributed by atoms with Crippen molar-refractivity contribution in [3.05, 3.63) is 64.7 Å². The number of thiazole rings is 1. The van der Waals surface area contributed by atoms with Crippen molar-refractivity contribution in [2.24, 2.45) is 0 Å². The molecular formula is C22H23N3O2S. The molecule has 1 fully saturated rings. The Kier molecular flexibility index (Phi) is 5.39. The lowest BCUT2D eigenvalue weighted by Gasteiger charge is -2.23. The van der Waals surface area contributed by atoms with E-state index in [1.165, 1.54) is 0 Å². The van der Waals surface area contributed by atoms with Gasteiger partial charge in [0.1, 0.15) is 5.01 Å². The van der Waals surface area contributed by atoms with Crippen LogP contribution in [-0.2, 0) is 4.79 Å². The monoisotopic (exact) mass is 393 g/mol. The minimum absolute atomic E-state index is 0.0527. The Morgan fingerprint density at radius 2 is 1.96 bits per heavy atom. The first-order chi connectivity index (χ1) is 13.6. The molecule has 0 saturated carbocycles. The summed E-state index contributed by atoms with van der Waals surface area (Å²) in [5, 5.41) is 3.88. The molecule has 0 unspecified atom stereocenters. The van der Waals surface area contributed by atoms with E-state index in [0.717, 1.165) is 40.2 Å². The summed E-state index contributed by atoms with van der Waals surface area (Å²) in [4.78, 5) is 31.8. The van der Waals surface area contributed by atoms with Crippen molar-refractivity contribution in [1.29, 1.82) is 0 Å². The Bertz CT molecular complexity index is 981. The lowest BCUT2D eigenvalue weighted by atomic mass is 10.1. The highest BCUT2D eigenvalue weighted by Gasteiger charge is 2.31. The molecule has 0 spiro atoms. The highest BCUT2D eigenvalue weighted by molar-refractivity contribution is 7.18. The first-order valence-corrected chi connectivity index (χ1v) is 10.4. The van der Waals surface area contributed by atoms with Gasteiger partial charge in [-0.3, -0.25) is 9.59 Å². The average molecular weight is 394 g/mol. The van der Waals surface area contributed by atoms with Crippen LogP contribution in [0.15, 0.2) is 48.5 Å². The maximum atomic E-state index is 12.8. The molecule has 5 nitrogen and oxygen atoms in total. The zero-order chi connectivity index (χ0) is 19.5. The number of carbonyl (C=O) groups is 2. The minimum Gasteiger partial charge on any atom is -0.352 e. The summed E-state index contributed by atoms with van der Waals surface area (Å²) < 4.78 is 1.15. The molecule has 0 aliphatic carbocycles. The molecule has 0 bridgehead atoms. The predicted octanol–water partition coefficient (Wildman–Crippen LogP) is 4.09. The number of nitrogens with one attached hydrogen (secondary N) is 1. The summed E-state index contributed by atoms with van der Waals surface area (Å²) in [5.74, 6) is -0.0538. The predicted molar refractivity (Wildman–Crippen MR) is 111 cm³/mol. The number of fused-ring (bicyclic) bond motifs is 1. The second-order valence-corrected chi connectivity index (χ2v) is 8.15. The van der Waals surface area contributed by atoms with Gasteiger partial charge in [0.2, 0.25) is 5.91 Å². The molecule has 2 heterocycles. The smallest absolute Gasteiger partial charge is 0.251 e. The van der Waals surface area contributed by atoms with E-state index in [9.17, 15) is 9.59 Å². The van der Waals surface area contributed by atoms with E-state index < -0.39 is 0 Å². The molecule has 28 heavy (non-hydrogen) atoms. The zero-order valence-electron chi connectivity index (χ0n) is 15.9. The van der Waals surface area contributed by atoms with Gasteiger partial charge < -0.3 is 10.2 Å². The van der Waals surface area contributed by atoms with Crippen molar-refractivity contribution in [2.45, 2.75) is 32.2 Å². The Labute approximate surface area is 168 Å². The van der Waals surface area contributed by atoms with E-state index in [-0.39, 0.29) is 17.9 Å². The fourth-order valence-electron chi connectivity index (χ4n) is 3.70. The largest absolute Gasteiger partial charge is 0.352 e. The Balaban J connectivity index is 1.37.